The smallest absolute Gasteiger partial charge is 0.337 e. The highest BCUT2D eigenvalue weighted by Crippen LogP contribution is 2.25. The van der Waals surface area contributed by atoms with Gasteiger partial charge < -0.3 is 10.1 Å². The highest BCUT2D eigenvalue weighted by atomic mass is 32.2. The van der Waals surface area contributed by atoms with Crippen molar-refractivity contribution in [3.8, 4) is 0 Å². The first-order chi connectivity index (χ1) is 13.0. The molecule has 2 aromatic carbocycles. The Morgan fingerprint density at radius 1 is 1.07 bits per heavy atom. The van der Waals surface area contributed by atoms with Crippen molar-refractivity contribution in [3.63, 3.8) is 0 Å². The zero-order valence-corrected chi connectivity index (χ0v) is 16.2. The summed E-state index contributed by atoms with van der Waals surface area (Å²) in [4.78, 5) is 28.3. The lowest BCUT2D eigenvalue weighted by Crippen LogP contribution is -2.14. The van der Waals surface area contributed by atoms with Crippen LogP contribution < -0.4 is 5.32 Å². The third-order valence-electron chi connectivity index (χ3n) is 4.04. The Labute approximate surface area is 162 Å². The van der Waals surface area contributed by atoms with Crippen LogP contribution in [0.2, 0.25) is 0 Å². The van der Waals surface area contributed by atoms with Gasteiger partial charge in [0.2, 0.25) is 5.91 Å². The Hall–Kier alpha value is -2.86. The molecule has 0 aliphatic heterocycles. The highest BCUT2D eigenvalue weighted by molar-refractivity contribution is 8.00. The van der Waals surface area contributed by atoms with E-state index in [4.69, 9.17) is 0 Å². The van der Waals surface area contributed by atoms with E-state index >= 15 is 0 Å². The normalized spacial score (nSPS) is 10.6. The second kappa shape index (κ2) is 8.22. The zero-order valence-electron chi connectivity index (χ0n) is 15.4. The lowest BCUT2D eigenvalue weighted by Gasteiger charge is -2.09. The van der Waals surface area contributed by atoms with E-state index < -0.39 is 5.97 Å². The molecule has 0 saturated heterocycles. The number of fused-ring (bicyclic) bond motifs is 1. The van der Waals surface area contributed by atoms with Crippen molar-refractivity contribution in [1.82, 2.24) is 4.98 Å². The van der Waals surface area contributed by atoms with Crippen molar-refractivity contribution in [2.45, 2.75) is 18.9 Å². The second-order valence-electron chi connectivity index (χ2n) is 6.21. The van der Waals surface area contributed by atoms with Gasteiger partial charge in [-0.1, -0.05) is 23.4 Å². The Bertz CT molecular complexity index is 1000. The van der Waals surface area contributed by atoms with Crippen LogP contribution in [0.15, 0.2) is 53.6 Å². The summed E-state index contributed by atoms with van der Waals surface area (Å²) in [7, 11) is 1.33. The van der Waals surface area contributed by atoms with E-state index in [9.17, 15) is 9.59 Å². The van der Waals surface area contributed by atoms with E-state index in [0.717, 1.165) is 21.5 Å². The summed E-state index contributed by atoms with van der Waals surface area (Å²) < 4.78 is 4.66. The molecule has 1 aromatic heterocycles. The lowest BCUT2D eigenvalue weighted by molar-refractivity contribution is -0.113. The molecule has 0 atom stereocenters. The number of methoxy groups -OCH3 is 1. The molecule has 27 heavy (non-hydrogen) atoms. The summed E-state index contributed by atoms with van der Waals surface area (Å²) in [5.74, 6) is -0.281. The minimum Gasteiger partial charge on any atom is -0.465 e. The van der Waals surface area contributed by atoms with Crippen LogP contribution in [-0.2, 0) is 9.53 Å². The third kappa shape index (κ3) is 4.65. The van der Waals surface area contributed by atoms with Crippen LogP contribution in [0.25, 0.3) is 10.9 Å². The standard InChI is InChI=1S/C21H20N2O3S/c1-13-4-9-18-16(10-13)11-14(2)20(23-18)27-12-19(24)22-17-7-5-15(6-8-17)21(25)26-3/h4-11H,12H2,1-3H3,(H,22,24). The fourth-order valence-electron chi connectivity index (χ4n) is 2.67. The van der Waals surface area contributed by atoms with Gasteiger partial charge >= 0.3 is 5.97 Å². The summed E-state index contributed by atoms with van der Waals surface area (Å²) in [5.41, 5.74) is 4.24. The van der Waals surface area contributed by atoms with Crippen LogP contribution in [0.4, 0.5) is 5.69 Å². The number of esters is 1. The first kappa shape index (κ1) is 18.9. The number of benzene rings is 2. The van der Waals surface area contributed by atoms with E-state index in [2.05, 4.69) is 34.1 Å². The summed E-state index contributed by atoms with van der Waals surface area (Å²) in [6.45, 7) is 4.06. The van der Waals surface area contributed by atoms with Gasteiger partial charge in [-0.3, -0.25) is 4.79 Å². The number of nitrogens with zero attached hydrogens (tertiary/aromatic N) is 1. The maximum atomic E-state index is 12.2. The predicted octanol–water partition coefficient (Wildman–Crippen LogP) is 4.37. The number of nitrogens with one attached hydrogen (secondary N) is 1. The molecule has 0 radical (unpaired) electrons. The first-order valence-electron chi connectivity index (χ1n) is 8.45. The van der Waals surface area contributed by atoms with Gasteiger partial charge in [0.25, 0.3) is 0 Å². The summed E-state index contributed by atoms with van der Waals surface area (Å²) in [6, 6.07) is 14.8. The highest BCUT2D eigenvalue weighted by Gasteiger charge is 2.10. The number of aromatic nitrogens is 1. The molecule has 5 nitrogen and oxygen atoms in total. The van der Waals surface area contributed by atoms with Crippen LogP contribution >= 0.6 is 11.8 Å². The maximum absolute atomic E-state index is 12.2. The largest absolute Gasteiger partial charge is 0.465 e. The average molecular weight is 380 g/mol. The van der Waals surface area contributed by atoms with E-state index in [1.165, 1.54) is 24.4 Å². The summed E-state index contributed by atoms with van der Waals surface area (Å²) in [5, 5.41) is 4.77. The molecular weight excluding hydrogens is 360 g/mol. The number of carbonyl (C=O) groups excluding carboxylic acids is 2. The molecule has 1 N–H and O–H groups in total. The Morgan fingerprint density at radius 2 is 1.81 bits per heavy atom. The molecule has 0 fully saturated rings. The fraction of sp³-hybridized carbons (Fsp3) is 0.190. The minimum atomic E-state index is -0.406. The van der Waals surface area contributed by atoms with Crippen molar-refractivity contribution < 1.29 is 14.3 Å². The van der Waals surface area contributed by atoms with Gasteiger partial charge in [-0.15, -0.1) is 0 Å². The SMILES string of the molecule is COC(=O)c1ccc(NC(=O)CSc2nc3ccc(C)cc3cc2C)cc1. The van der Waals surface area contributed by atoms with Gasteiger partial charge in [0, 0.05) is 11.1 Å². The second-order valence-corrected chi connectivity index (χ2v) is 7.18. The number of thioether (sulfide) groups is 1. The molecule has 3 rings (SSSR count). The van der Waals surface area contributed by atoms with Gasteiger partial charge in [0.15, 0.2) is 0 Å². The third-order valence-corrected chi connectivity index (χ3v) is 5.14. The zero-order chi connectivity index (χ0) is 19.4. The maximum Gasteiger partial charge on any atom is 0.337 e. The lowest BCUT2D eigenvalue weighted by atomic mass is 10.1. The van der Waals surface area contributed by atoms with E-state index in [1.807, 2.05) is 19.1 Å². The Balaban J connectivity index is 1.63. The van der Waals surface area contributed by atoms with Crippen molar-refractivity contribution in [3.05, 3.63) is 65.2 Å². The molecule has 6 heteroatoms. The number of ether oxygens (including phenoxy) is 1. The van der Waals surface area contributed by atoms with Crippen LogP contribution in [0.3, 0.4) is 0 Å². The number of pyridine rings is 1. The summed E-state index contributed by atoms with van der Waals surface area (Å²) >= 11 is 1.41. The van der Waals surface area contributed by atoms with Gasteiger partial charge in [-0.25, -0.2) is 9.78 Å². The van der Waals surface area contributed by atoms with Gasteiger partial charge in [0.1, 0.15) is 5.03 Å². The van der Waals surface area contributed by atoms with E-state index in [-0.39, 0.29) is 11.7 Å². The average Bonchev–Trinajstić information content (AvgIpc) is 2.66. The molecule has 0 aliphatic carbocycles. The van der Waals surface area contributed by atoms with Crippen molar-refractivity contribution in [2.75, 3.05) is 18.2 Å². The molecule has 0 bridgehead atoms. The fourth-order valence-corrected chi connectivity index (χ4v) is 3.46. The number of carbonyl (C=O) groups is 2. The van der Waals surface area contributed by atoms with Crippen molar-refractivity contribution in [1.29, 1.82) is 0 Å². The van der Waals surface area contributed by atoms with Crippen molar-refractivity contribution >= 4 is 40.2 Å². The number of amides is 1. The van der Waals surface area contributed by atoms with Gasteiger partial charge in [0.05, 0.1) is 23.9 Å². The molecule has 1 heterocycles. The van der Waals surface area contributed by atoms with Crippen LogP contribution in [0.1, 0.15) is 21.5 Å². The molecule has 0 spiro atoms. The molecule has 138 valence electrons. The van der Waals surface area contributed by atoms with E-state index in [1.54, 1.807) is 24.3 Å². The molecule has 1 amide bonds. The molecular formula is C21H20N2O3S. The van der Waals surface area contributed by atoms with Gasteiger partial charge in [-0.2, -0.15) is 0 Å². The number of anilines is 1. The Morgan fingerprint density at radius 3 is 2.52 bits per heavy atom. The number of hydrogen-bond donors (Lipinski definition) is 1. The monoisotopic (exact) mass is 380 g/mol. The topological polar surface area (TPSA) is 68.3 Å². The number of aryl methyl sites for hydroxylation is 2. The summed E-state index contributed by atoms with van der Waals surface area (Å²) in [6.07, 6.45) is 0. The van der Waals surface area contributed by atoms with Gasteiger partial charge in [-0.05, 0) is 61.9 Å². The quantitative estimate of drug-likeness (QED) is 0.526. The molecule has 0 aliphatic rings. The molecule has 0 saturated carbocycles. The Kier molecular flexibility index (Phi) is 5.76. The first-order valence-corrected chi connectivity index (χ1v) is 9.44. The van der Waals surface area contributed by atoms with Crippen LogP contribution in [0, 0.1) is 13.8 Å². The number of rotatable bonds is 5. The number of hydrogen-bond acceptors (Lipinski definition) is 5. The predicted molar refractivity (Wildman–Crippen MR) is 108 cm³/mol. The minimum absolute atomic E-state index is 0.129. The van der Waals surface area contributed by atoms with Crippen molar-refractivity contribution in [2.24, 2.45) is 0 Å². The molecule has 0 unspecified atom stereocenters. The van der Waals surface area contributed by atoms with Crippen LogP contribution in [-0.4, -0.2) is 29.7 Å². The molecule has 3 aromatic rings. The van der Waals surface area contributed by atoms with Crippen LogP contribution in [0.5, 0.6) is 0 Å². The van der Waals surface area contributed by atoms with E-state index in [0.29, 0.717) is 11.3 Å².